The summed E-state index contributed by atoms with van der Waals surface area (Å²) in [4.78, 5) is 19.1. The van der Waals surface area contributed by atoms with Gasteiger partial charge in [-0.2, -0.15) is 0 Å². The van der Waals surface area contributed by atoms with Gasteiger partial charge in [-0.3, -0.25) is 9.79 Å². The third kappa shape index (κ3) is 6.64. The molecular formula is C22H42N4O2. The van der Waals surface area contributed by atoms with Crippen LogP contribution in [0.5, 0.6) is 0 Å². The minimum absolute atomic E-state index is 0.0804. The number of piperidine rings is 1. The van der Waals surface area contributed by atoms with Crippen LogP contribution in [0.4, 0.5) is 0 Å². The van der Waals surface area contributed by atoms with Gasteiger partial charge in [-0.1, -0.05) is 34.6 Å². The highest BCUT2D eigenvalue weighted by molar-refractivity contribution is 5.80. The number of guanidine groups is 1. The van der Waals surface area contributed by atoms with Gasteiger partial charge in [0.15, 0.2) is 5.96 Å². The second-order valence-electron chi connectivity index (χ2n) is 9.68. The van der Waals surface area contributed by atoms with Gasteiger partial charge in [-0.15, -0.1) is 0 Å². The van der Waals surface area contributed by atoms with Crippen LogP contribution in [-0.2, 0) is 9.53 Å². The van der Waals surface area contributed by atoms with Crippen molar-refractivity contribution in [2.75, 3.05) is 32.8 Å². The number of nitrogens with zero attached hydrogens (tertiary/aromatic N) is 2. The SMILES string of the molecule is CCNC(=NCC1CCCOC1C(C)(C)C)NC1CCN(C(=O)C(C)C)CC1. The Bertz CT molecular complexity index is 519. The van der Waals surface area contributed by atoms with Gasteiger partial charge in [-0.25, -0.2) is 0 Å². The molecule has 6 heteroatoms. The van der Waals surface area contributed by atoms with Crippen LogP contribution in [0.25, 0.3) is 0 Å². The van der Waals surface area contributed by atoms with Gasteiger partial charge in [-0.05, 0) is 38.0 Å². The predicted molar refractivity (Wildman–Crippen MR) is 115 cm³/mol. The first-order chi connectivity index (χ1) is 13.2. The molecule has 2 aliphatic heterocycles. The summed E-state index contributed by atoms with van der Waals surface area (Å²) in [5, 5.41) is 6.99. The molecule has 0 aromatic carbocycles. The Balaban J connectivity index is 1.91. The van der Waals surface area contributed by atoms with E-state index in [1.165, 1.54) is 6.42 Å². The Hall–Kier alpha value is -1.30. The molecule has 2 saturated heterocycles. The zero-order valence-corrected chi connectivity index (χ0v) is 18.9. The van der Waals surface area contributed by atoms with Gasteiger partial charge in [0.2, 0.25) is 5.91 Å². The molecular weight excluding hydrogens is 352 g/mol. The average Bonchev–Trinajstić information content (AvgIpc) is 2.65. The van der Waals surface area contributed by atoms with E-state index in [9.17, 15) is 4.79 Å². The van der Waals surface area contributed by atoms with Crippen molar-refractivity contribution in [3.8, 4) is 0 Å². The smallest absolute Gasteiger partial charge is 0.225 e. The van der Waals surface area contributed by atoms with Crippen molar-refractivity contribution < 1.29 is 9.53 Å². The van der Waals surface area contributed by atoms with Crippen molar-refractivity contribution in [2.24, 2.45) is 22.2 Å². The zero-order chi connectivity index (χ0) is 20.7. The first-order valence-corrected chi connectivity index (χ1v) is 11.2. The van der Waals surface area contributed by atoms with Crippen LogP contribution in [0.3, 0.4) is 0 Å². The summed E-state index contributed by atoms with van der Waals surface area (Å²) in [6.45, 7) is 17.0. The van der Waals surface area contributed by atoms with Crippen molar-refractivity contribution in [2.45, 2.75) is 79.4 Å². The van der Waals surface area contributed by atoms with E-state index in [0.717, 1.165) is 58.0 Å². The maximum Gasteiger partial charge on any atom is 0.225 e. The molecule has 2 heterocycles. The number of carbonyl (C=O) groups excluding carboxylic acids is 1. The number of hydrogen-bond acceptors (Lipinski definition) is 3. The maximum absolute atomic E-state index is 12.2. The van der Waals surface area contributed by atoms with Gasteiger partial charge in [0.05, 0.1) is 6.10 Å². The summed E-state index contributed by atoms with van der Waals surface area (Å²) < 4.78 is 6.10. The van der Waals surface area contributed by atoms with E-state index in [4.69, 9.17) is 9.73 Å². The van der Waals surface area contributed by atoms with E-state index in [1.807, 2.05) is 18.7 Å². The van der Waals surface area contributed by atoms with Gasteiger partial charge in [0.25, 0.3) is 0 Å². The summed E-state index contributed by atoms with van der Waals surface area (Å²) in [5.41, 5.74) is 0.141. The minimum Gasteiger partial charge on any atom is -0.377 e. The fraction of sp³-hybridized carbons (Fsp3) is 0.909. The normalized spacial score (nSPS) is 25.1. The van der Waals surface area contributed by atoms with Crippen LogP contribution in [0.15, 0.2) is 4.99 Å². The molecule has 2 rings (SSSR count). The molecule has 2 N–H and O–H groups in total. The van der Waals surface area contributed by atoms with E-state index < -0.39 is 0 Å². The lowest BCUT2D eigenvalue weighted by molar-refractivity contribution is -0.135. The molecule has 0 radical (unpaired) electrons. The number of rotatable bonds is 5. The quantitative estimate of drug-likeness (QED) is 0.556. The van der Waals surface area contributed by atoms with Crippen molar-refractivity contribution in [1.29, 1.82) is 0 Å². The molecule has 6 nitrogen and oxygen atoms in total. The molecule has 28 heavy (non-hydrogen) atoms. The third-order valence-electron chi connectivity index (χ3n) is 5.77. The van der Waals surface area contributed by atoms with Gasteiger partial charge < -0.3 is 20.3 Å². The van der Waals surface area contributed by atoms with Crippen LogP contribution < -0.4 is 10.6 Å². The Morgan fingerprint density at radius 3 is 2.46 bits per heavy atom. The number of carbonyl (C=O) groups is 1. The number of amides is 1. The molecule has 2 unspecified atom stereocenters. The summed E-state index contributed by atoms with van der Waals surface area (Å²) >= 11 is 0. The predicted octanol–water partition coefficient (Wildman–Crippen LogP) is 3.03. The average molecular weight is 395 g/mol. The van der Waals surface area contributed by atoms with Crippen LogP contribution in [0.2, 0.25) is 0 Å². The van der Waals surface area contributed by atoms with Crippen molar-refractivity contribution in [3.63, 3.8) is 0 Å². The molecule has 162 valence electrons. The number of ether oxygens (including phenoxy) is 1. The lowest BCUT2D eigenvalue weighted by atomic mass is 9.78. The van der Waals surface area contributed by atoms with E-state index in [2.05, 4.69) is 38.3 Å². The first-order valence-electron chi connectivity index (χ1n) is 11.2. The van der Waals surface area contributed by atoms with Gasteiger partial charge in [0, 0.05) is 50.7 Å². The highest BCUT2D eigenvalue weighted by atomic mass is 16.5. The monoisotopic (exact) mass is 394 g/mol. The Morgan fingerprint density at radius 1 is 1.21 bits per heavy atom. The molecule has 0 aliphatic carbocycles. The van der Waals surface area contributed by atoms with E-state index >= 15 is 0 Å². The number of hydrogen-bond donors (Lipinski definition) is 2. The standard InChI is InChI=1S/C22H42N4O2/c1-7-23-21(24-15-17-9-8-14-28-19(17)22(4,5)6)25-18-10-12-26(13-11-18)20(27)16(2)3/h16-19H,7-15H2,1-6H3,(H2,23,24,25). The zero-order valence-electron chi connectivity index (χ0n) is 18.9. The molecule has 2 aliphatic rings. The molecule has 0 spiro atoms. The second kappa shape index (κ2) is 10.5. The fourth-order valence-electron chi connectivity index (χ4n) is 4.32. The molecule has 0 saturated carbocycles. The highest BCUT2D eigenvalue weighted by Gasteiger charge is 2.35. The van der Waals surface area contributed by atoms with Crippen molar-refractivity contribution >= 4 is 11.9 Å². The number of aliphatic imine (C=N–C) groups is 1. The Labute approximate surface area is 171 Å². The molecule has 2 fully saturated rings. The second-order valence-corrected chi connectivity index (χ2v) is 9.68. The van der Waals surface area contributed by atoms with Gasteiger partial charge in [0.1, 0.15) is 0 Å². The van der Waals surface area contributed by atoms with Crippen molar-refractivity contribution in [1.82, 2.24) is 15.5 Å². The lowest BCUT2D eigenvalue weighted by Gasteiger charge is -2.39. The number of likely N-dealkylation sites (tertiary alicyclic amines) is 1. The lowest BCUT2D eigenvalue weighted by Crippen LogP contribution is -2.50. The van der Waals surface area contributed by atoms with E-state index in [0.29, 0.717) is 12.0 Å². The van der Waals surface area contributed by atoms with Crippen LogP contribution in [0.1, 0.15) is 67.2 Å². The fourth-order valence-corrected chi connectivity index (χ4v) is 4.32. The van der Waals surface area contributed by atoms with Crippen molar-refractivity contribution in [3.05, 3.63) is 0 Å². The molecule has 0 aromatic rings. The van der Waals surface area contributed by atoms with E-state index in [1.54, 1.807) is 0 Å². The molecule has 0 bridgehead atoms. The number of nitrogens with one attached hydrogen (secondary N) is 2. The summed E-state index contributed by atoms with van der Waals surface area (Å²) in [7, 11) is 0. The topological polar surface area (TPSA) is 66.0 Å². The maximum atomic E-state index is 12.2. The summed E-state index contributed by atoms with van der Waals surface area (Å²) in [6.07, 6.45) is 4.51. The molecule has 1 amide bonds. The largest absolute Gasteiger partial charge is 0.377 e. The molecule has 2 atom stereocenters. The summed E-state index contributed by atoms with van der Waals surface area (Å²) in [6, 6.07) is 0.370. The van der Waals surface area contributed by atoms with E-state index in [-0.39, 0.29) is 23.3 Å². The van der Waals surface area contributed by atoms with Crippen LogP contribution in [-0.4, -0.2) is 61.7 Å². The van der Waals surface area contributed by atoms with Crippen LogP contribution in [0, 0.1) is 17.3 Å². The Morgan fingerprint density at radius 2 is 1.89 bits per heavy atom. The van der Waals surface area contributed by atoms with Crippen LogP contribution >= 0.6 is 0 Å². The third-order valence-corrected chi connectivity index (χ3v) is 5.77. The Kier molecular flexibility index (Phi) is 8.59. The minimum atomic E-state index is 0.0804. The van der Waals surface area contributed by atoms with Gasteiger partial charge >= 0.3 is 0 Å². The summed E-state index contributed by atoms with van der Waals surface area (Å²) in [5.74, 6) is 1.71. The molecule has 0 aromatic heterocycles. The highest BCUT2D eigenvalue weighted by Crippen LogP contribution is 2.34. The first kappa shape index (κ1) is 23.0.